The average Bonchev–Trinajstić information content (AvgIpc) is 2.92. The van der Waals surface area contributed by atoms with E-state index in [0.717, 1.165) is 28.7 Å². The fourth-order valence-electron chi connectivity index (χ4n) is 2.48. The molecular formula is C18H19NO. The lowest BCUT2D eigenvalue weighted by Crippen LogP contribution is -2.07. The summed E-state index contributed by atoms with van der Waals surface area (Å²) < 4.78 is 5.98. The first-order valence-corrected chi connectivity index (χ1v) is 7.04. The minimum absolute atomic E-state index is 0.113. The maximum absolute atomic E-state index is 6.04. The molecular weight excluding hydrogens is 246 g/mol. The fourth-order valence-corrected chi connectivity index (χ4v) is 2.48. The number of aryl methyl sites for hydroxylation is 1. The fraction of sp³-hybridized carbons (Fsp3) is 0.222. The SMILES string of the molecule is CCC(N)c1ccc(-c2cc3cccc(C)c3o2)cc1. The van der Waals surface area contributed by atoms with Crippen molar-refractivity contribution < 1.29 is 4.42 Å². The molecule has 0 bridgehead atoms. The number of para-hydroxylation sites is 1. The van der Waals surface area contributed by atoms with Crippen LogP contribution in [-0.4, -0.2) is 0 Å². The van der Waals surface area contributed by atoms with Crippen molar-refractivity contribution in [2.75, 3.05) is 0 Å². The second-order valence-corrected chi connectivity index (χ2v) is 5.24. The summed E-state index contributed by atoms with van der Waals surface area (Å²) in [5, 5.41) is 1.15. The van der Waals surface area contributed by atoms with Gasteiger partial charge in [-0.25, -0.2) is 0 Å². The van der Waals surface area contributed by atoms with Crippen molar-refractivity contribution in [1.82, 2.24) is 0 Å². The zero-order valence-electron chi connectivity index (χ0n) is 11.9. The maximum Gasteiger partial charge on any atom is 0.137 e. The minimum atomic E-state index is 0.113. The van der Waals surface area contributed by atoms with Crippen molar-refractivity contribution in [2.45, 2.75) is 26.3 Å². The molecule has 0 aliphatic heterocycles. The van der Waals surface area contributed by atoms with Crippen LogP contribution in [0.4, 0.5) is 0 Å². The molecule has 3 aromatic rings. The van der Waals surface area contributed by atoms with Gasteiger partial charge in [0.05, 0.1) is 0 Å². The van der Waals surface area contributed by atoms with E-state index >= 15 is 0 Å². The first kappa shape index (κ1) is 12.9. The highest BCUT2D eigenvalue weighted by molar-refractivity contribution is 5.85. The number of nitrogens with two attached hydrogens (primary N) is 1. The molecule has 1 unspecified atom stereocenters. The Balaban J connectivity index is 2.00. The molecule has 0 spiro atoms. The summed E-state index contributed by atoms with van der Waals surface area (Å²) >= 11 is 0. The first-order valence-electron chi connectivity index (χ1n) is 7.04. The molecule has 0 radical (unpaired) electrons. The van der Waals surface area contributed by atoms with Gasteiger partial charge in [0.25, 0.3) is 0 Å². The van der Waals surface area contributed by atoms with Gasteiger partial charge in [-0.15, -0.1) is 0 Å². The minimum Gasteiger partial charge on any atom is -0.456 e. The van der Waals surface area contributed by atoms with E-state index in [1.165, 1.54) is 11.1 Å². The predicted octanol–water partition coefficient (Wildman–Crippen LogP) is 4.82. The third kappa shape index (κ3) is 2.23. The highest BCUT2D eigenvalue weighted by atomic mass is 16.3. The van der Waals surface area contributed by atoms with Crippen LogP contribution in [0.5, 0.6) is 0 Å². The van der Waals surface area contributed by atoms with Gasteiger partial charge in [0, 0.05) is 17.0 Å². The van der Waals surface area contributed by atoms with E-state index in [0.29, 0.717) is 0 Å². The van der Waals surface area contributed by atoms with Crippen molar-refractivity contribution in [1.29, 1.82) is 0 Å². The molecule has 0 aliphatic rings. The van der Waals surface area contributed by atoms with Crippen LogP contribution in [0.25, 0.3) is 22.3 Å². The van der Waals surface area contributed by atoms with Crippen LogP contribution in [0.3, 0.4) is 0 Å². The molecule has 0 fully saturated rings. The topological polar surface area (TPSA) is 39.2 Å². The van der Waals surface area contributed by atoms with Crippen molar-refractivity contribution in [3.8, 4) is 11.3 Å². The van der Waals surface area contributed by atoms with Gasteiger partial charge in [-0.3, -0.25) is 0 Å². The van der Waals surface area contributed by atoms with E-state index in [-0.39, 0.29) is 6.04 Å². The molecule has 2 N–H and O–H groups in total. The van der Waals surface area contributed by atoms with Crippen molar-refractivity contribution >= 4 is 11.0 Å². The molecule has 2 nitrogen and oxygen atoms in total. The monoisotopic (exact) mass is 265 g/mol. The summed E-state index contributed by atoms with van der Waals surface area (Å²) in [6.45, 7) is 4.17. The molecule has 20 heavy (non-hydrogen) atoms. The lowest BCUT2D eigenvalue weighted by molar-refractivity contribution is 0.628. The molecule has 0 saturated carbocycles. The second-order valence-electron chi connectivity index (χ2n) is 5.24. The standard InChI is InChI=1S/C18H19NO/c1-3-16(19)13-7-9-14(10-8-13)17-11-15-6-4-5-12(2)18(15)20-17/h4-11,16H,3,19H2,1-2H3. The summed E-state index contributed by atoms with van der Waals surface area (Å²) in [4.78, 5) is 0. The Labute approximate surface area is 119 Å². The first-order chi connectivity index (χ1) is 9.69. The normalized spacial score (nSPS) is 12.8. The highest BCUT2D eigenvalue weighted by Gasteiger charge is 2.09. The van der Waals surface area contributed by atoms with E-state index in [1.807, 2.05) is 0 Å². The van der Waals surface area contributed by atoms with Crippen LogP contribution < -0.4 is 5.73 Å². The number of benzene rings is 2. The van der Waals surface area contributed by atoms with Crippen LogP contribution in [0.15, 0.2) is 52.9 Å². The van der Waals surface area contributed by atoms with Gasteiger partial charge in [-0.1, -0.05) is 49.4 Å². The van der Waals surface area contributed by atoms with E-state index in [4.69, 9.17) is 10.2 Å². The Bertz CT molecular complexity index is 725. The lowest BCUT2D eigenvalue weighted by Gasteiger charge is -2.09. The molecule has 0 saturated heterocycles. The largest absolute Gasteiger partial charge is 0.456 e. The van der Waals surface area contributed by atoms with Crippen LogP contribution in [-0.2, 0) is 0 Å². The Morgan fingerprint density at radius 2 is 1.85 bits per heavy atom. The Morgan fingerprint density at radius 3 is 2.50 bits per heavy atom. The molecule has 1 heterocycles. The number of hydrogen-bond donors (Lipinski definition) is 1. The zero-order chi connectivity index (χ0) is 14.1. The van der Waals surface area contributed by atoms with Crippen molar-refractivity contribution in [3.63, 3.8) is 0 Å². The summed E-state index contributed by atoms with van der Waals surface area (Å²) in [5.74, 6) is 0.908. The summed E-state index contributed by atoms with van der Waals surface area (Å²) in [6, 6.07) is 16.7. The van der Waals surface area contributed by atoms with Crippen LogP contribution in [0.1, 0.15) is 30.5 Å². The smallest absolute Gasteiger partial charge is 0.137 e. The van der Waals surface area contributed by atoms with Crippen molar-refractivity contribution in [3.05, 3.63) is 59.7 Å². The van der Waals surface area contributed by atoms with E-state index < -0.39 is 0 Å². The van der Waals surface area contributed by atoms with E-state index in [2.05, 4.69) is 62.4 Å². The Kier molecular flexibility index (Phi) is 3.33. The molecule has 1 atom stereocenters. The molecule has 0 aliphatic carbocycles. The summed E-state index contributed by atoms with van der Waals surface area (Å²) in [5.41, 5.74) is 10.4. The molecule has 3 rings (SSSR count). The highest BCUT2D eigenvalue weighted by Crippen LogP contribution is 2.30. The molecule has 1 aromatic heterocycles. The number of furan rings is 1. The molecule has 0 amide bonds. The lowest BCUT2D eigenvalue weighted by atomic mass is 10.0. The Morgan fingerprint density at radius 1 is 1.10 bits per heavy atom. The van der Waals surface area contributed by atoms with Crippen LogP contribution in [0.2, 0.25) is 0 Å². The third-order valence-electron chi connectivity index (χ3n) is 3.80. The zero-order valence-corrected chi connectivity index (χ0v) is 11.9. The third-order valence-corrected chi connectivity index (χ3v) is 3.80. The summed E-state index contributed by atoms with van der Waals surface area (Å²) in [7, 11) is 0. The van der Waals surface area contributed by atoms with Gasteiger partial charge in [0.1, 0.15) is 11.3 Å². The second kappa shape index (κ2) is 5.14. The van der Waals surface area contributed by atoms with E-state index in [1.54, 1.807) is 0 Å². The summed E-state index contributed by atoms with van der Waals surface area (Å²) in [6.07, 6.45) is 0.948. The van der Waals surface area contributed by atoms with Crippen molar-refractivity contribution in [2.24, 2.45) is 5.73 Å². The number of fused-ring (bicyclic) bond motifs is 1. The van der Waals surface area contributed by atoms with Crippen LogP contribution in [0, 0.1) is 6.92 Å². The van der Waals surface area contributed by atoms with Gasteiger partial charge >= 0.3 is 0 Å². The van der Waals surface area contributed by atoms with Crippen LogP contribution >= 0.6 is 0 Å². The predicted molar refractivity (Wildman–Crippen MR) is 83.6 cm³/mol. The molecule has 2 aromatic carbocycles. The van der Waals surface area contributed by atoms with Gasteiger partial charge < -0.3 is 10.2 Å². The number of rotatable bonds is 3. The van der Waals surface area contributed by atoms with Gasteiger partial charge in [-0.05, 0) is 30.5 Å². The van der Waals surface area contributed by atoms with Gasteiger partial charge in [0.15, 0.2) is 0 Å². The average molecular weight is 265 g/mol. The number of hydrogen-bond acceptors (Lipinski definition) is 2. The maximum atomic E-state index is 6.04. The Hall–Kier alpha value is -2.06. The van der Waals surface area contributed by atoms with E-state index in [9.17, 15) is 0 Å². The van der Waals surface area contributed by atoms with Gasteiger partial charge in [0.2, 0.25) is 0 Å². The quantitative estimate of drug-likeness (QED) is 0.737. The molecule has 102 valence electrons. The van der Waals surface area contributed by atoms with Gasteiger partial charge in [-0.2, -0.15) is 0 Å². The molecule has 2 heteroatoms.